The molecule has 0 aromatic heterocycles. The molecule has 12 heteroatoms. The van der Waals surface area contributed by atoms with E-state index >= 15 is 0 Å². The summed E-state index contributed by atoms with van der Waals surface area (Å²) in [6.07, 6.45) is 5.47. The summed E-state index contributed by atoms with van der Waals surface area (Å²) in [4.78, 5) is 23.4. The molecule has 0 aromatic carbocycles. The van der Waals surface area contributed by atoms with Crippen LogP contribution >= 0.6 is 15.2 Å². The number of amides is 2. The molecule has 0 rings (SSSR count). The maximum absolute atomic E-state index is 11.9. The second-order valence-electron chi connectivity index (χ2n) is 4.85. The first kappa shape index (κ1) is 28.4. The van der Waals surface area contributed by atoms with E-state index in [0.717, 1.165) is 4.90 Å². The maximum atomic E-state index is 11.9. The van der Waals surface area contributed by atoms with Crippen molar-refractivity contribution in [3.05, 3.63) is 50.6 Å². The number of hydrogen-bond acceptors (Lipinski definition) is 8. The lowest BCUT2D eigenvalue weighted by atomic mass is 10.7. The van der Waals surface area contributed by atoms with Crippen molar-refractivity contribution in [1.29, 1.82) is 0 Å². The molecule has 0 radical (unpaired) electrons. The van der Waals surface area contributed by atoms with Gasteiger partial charge in [-0.1, -0.05) is 24.3 Å². The molecule has 0 saturated carbocycles. The molecule has 0 heterocycles. The van der Waals surface area contributed by atoms with Crippen LogP contribution < -0.4 is 5.73 Å². The van der Waals surface area contributed by atoms with E-state index in [4.69, 9.17) is 14.8 Å². The molecule has 0 saturated heterocycles. The Kier molecular flexibility index (Phi) is 15.4. The van der Waals surface area contributed by atoms with Gasteiger partial charge in [0, 0.05) is 14.1 Å². The summed E-state index contributed by atoms with van der Waals surface area (Å²) < 4.78 is 42.4. The number of hydrogen-bond donors (Lipinski definition) is 1. The topological polar surface area (TPSA) is 134 Å². The van der Waals surface area contributed by atoms with E-state index in [1.807, 2.05) is 0 Å². The van der Waals surface area contributed by atoms with Gasteiger partial charge in [-0.15, -0.1) is 26.3 Å². The second-order valence-corrected chi connectivity index (χ2v) is 8.69. The molecular formula is C16H28N2O8P2. The summed E-state index contributed by atoms with van der Waals surface area (Å²) in [6.45, 7) is 13.3. The fourth-order valence-corrected chi connectivity index (χ4v) is 3.48. The Balaban J connectivity index is 0. The van der Waals surface area contributed by atoms with Crippen LogP contribution in [0, 0.1) is 0 Å². The highest BCUT2D eigenvalue weighted by Gasteiger charge is 2.36. The zero-order chi connectivity index (χ0) is 22.2. The van der Waals surface area contributed by atoms with Crippen molar-refractivity contribution >= 4 is 26.5 Å². The Morgan fingerprint density at radius 3 is 1.29 bits per heavy atom. The van der Waals surface area contributed by atoms with Gasteiger partial charge in [-0.2, -0.15) is 0 Å². The van der Waals surface area contributed by atoms with Crippen LogP contribution in [0.25, 0.3) is 0 Å². The first-order chi connectivity index (χ1) is 13.0. The van der Waals surface area contributed by atoms with E-state index in [9.17, 15) is 18.7 Å². The average Bonchev–Trinajstić information content (AvgIpc) is 2.67. The third kappa shape index (κ3) is 11.1. The van der Waals surface area contributed by atoms with E-state index < -0.39 is 26.5 Å². The normalized spacial score (nSPS) is 10.8. The van der Waals surface area contributed by atoms with E-state index in [1.54, 1.807) is 0 Å². The lowest BCUT2D eigenvalue weighted by Gasteiger charge is -2.19. The third-order valence-electron chi connectivity index (χ3n) is 2.34. The molecule has 0 bridgehead atoms. The monoisotopic (exact) mass is 438 g/mol. The summed E-state index contributed by atoms with van der Waals surface area (Å²) in [7, 11) is -4.63. The molecule has 0 atom stereocenters. The summed E-state index contributed by atoms with van der Waals surface area (Å²) in [6, 6.07) is 0. The van der Waals surface area contributed by atoms with Crippen molar-refractivity contribution in [3.8, 4) is 0 Å². The van der Waals surface area contributed by atoms with Gasteiger partial charge in [0.05, 0.1) is 26.4 Å². The smallest absolute Gasteiger partial charge is 0.359 e. The van der Waals surface area contributed by atoms with Crippen molar-refractivity contribution in [2.45, 2.75) is 0 Å². The first-order valence-corrected chi connectivity index (χ1v) is 10.9. The van der Waals surface area contributed by atoms with Gasteiger partial charge in [-0.05, 0) is 0 Å². The second kappa shape index (κ2) is 15.2. The molecular weight excluding hydrogens is 410 g/mol. The summed E-state index contributed by atoms with van der Waals surface area (Å²) in [5.74, 6) is 0. The molecule has 28 heavy (non-hydrogen) atoms. The lowest BCUT2D eigenvalue weighted by Crippen LogP contribution is -2.22. The Hall–Kier alpha value is -1.80. The first-order valence-electron chi connectivity index (χ1n) is 7.78. The number of nitrogens with zero attached hydrogens (tertiary/aromatic N) is 1. The van der Waals surface area contributed by atoms with Crippen LogP contribution in [0.1, 0.15) is 0 Å². The molecule has 0 unspecified atom stereocenters. The van der Waals surface area contributed by atoms with Crippen LogP contribution in [0.15, 0.2) is 50.6 Å². The highest BCUT2D eigenvalue weighted by atomic mass is 31.2. The molecule has 0 aromatic rings. The molecule has 2 amide bonds. The van der Waals surface area contributed by atoms with E-state index in [-0.39, 0.29) is 26.4 Å². The number of carbonyl (C=O) groups is 2. The van der Waals surface area contributed by atoms with Crippen molar-refractivity contribution in [2.75, 3.05) is 40.5 Å². The van der Waals surface area contributed by atoms with Crippen LogP contribution in [-0.2, 0) is 27.2 Å². The fourth-order valence-electron chi connectivity index (χ4n) is 1.16. The zero-order valence-corrected chi connectivity index (χ0v) is 17.9. The van der Waals surface area contributed by atoms with Gasteiger partial charge in [-0.3, -0.25) is 27.7 Å². The minimum absolute atomic E-state index is 0.00595. The summed E-state index contributed by atoms with van der Waals surface area (Å²) in [5.41, 5.74) is 3.03. The molecule has 0 spiro atoms. The quantitative estimate of drug-likeness (QED) is 0.318. The largest absolute Gasteiger partial charge is 0.418 e. The van der Waals surface area contributed by atoms with Crippen LogP contribution in [0.4, 0.5) is 9.59 Å². The minimum atomic E-state index is -3.83. The zero-order valence-electron chi connectivity index (χ0n) is 16.2. The Morgan fingerprint density at radius 2 is 1.07 bits per heavy atom. The van der Waals surface area contributed by atoms with Crippen LogP contribution in [-0.4, -0.2) is 56.7 Å². The van der Waals surface area contributed by atoms with Crippen LogP contribution in [0.2, 0.25) is 0 Å². The van der Waals surface area contributed by atoms with E-state index in [0.29, 0.717) is 0 Å². The van der Waals surface area contributed by atoms with Gasteiger partial charge in [0.1, 0.15) is 0 Å². The predicted octanol–water partition coefficient (Wildman–Crippen LogP) is 3.93. The lowest BCUT2D eigenvalue weighted by molar-refractivity contribution is 0.204. The molecule has 0 aliphatic heterocycles. The number of carbonyl (C=O) groups excluding carboxylic acids is 2. The van der Waals surface area contributed by atoms with Gasteiger partial charge in [0.2, 0.25) is 0 Å². The Bertz CT molecular complexity index is 617. The highest BCUT2D eigenvalue weighted by molar-refractivity contribution is 7.72. The number of nitrogens with two attached hydrogens (primary N) is 1. The highest BCUT2D eigenvalue weighted by Crippen LogP contribution is 2.50. The van der Waals surface area contributed by atoms with Gasteiger partial charge in [0.15, 0.2) is 0 Å². The standard InChI is InChI=1S/C9H16NO4P.C7H12NO4P/c1-5-7-13-15(12,14-8-6-2)9(11)10(3)4;1-3-5-11-13(10,7(8)9)12-6-4-2/h5-6H,1-2,7-8H2,3-4H3;3-4H,1-2,5-6H2,(H2,8,9). The van der Waals surface area contributed by atoms with Crippen molar-refractivity contribution in [1.82, 2.24) is 4.90 Å². The van der Waals surface area contributed by atoms with Crippen molar-refractivity contribution in [3.63, 3.8) is 0 Å². The molecule has 0 fully saturated rings. The van der Waals surface area contributed by atoms with Crippen LogP contribution in [0.5, 0.6) is 0 Å². The van der Waals surface area contributed by atoms with Gasteiger partial charge in [0.25, 0.3) is 0 Å². The maximum Gasteiger partial charge on any atom is 0.418 e. The van der Waals surface area contributed by atoms with E-state index in [2.05, 4.69) is 35.4 Å². The fraction of sp³-hybridized carbons (Fsp3) is 0.375. The molecule has 0 aliphatic carbocycles. The average molecular weight is 438 g/mol. The van der Waals surface area contributed by atoms with Crippen molar-refractivity contribution < 1.29 is 36.8 Å². The minimum Gasteiger partial charge on any atom is -0.359 e. The molecule has 2 N–H and O–H groups in total. The number of rotatable bonds is 14. The van der Waals surface area contributed by atoms with Gasteiger partial charge >= 0.3 is 26.5 Å². The summed E-state index contributed by atoms with van der Waals surface area (Å²) >= 11 is 0. The SMILES string of the molecule is C=CCOP(=O)(OCC=C)C(=O)N(C)C.C=CCOP(=O)(OCC=C)C(N)=O. The molecule has 0 aliphatic rings. The summed E-state index contributed by atoms with van der Waals surface area (Å²) in [5, 5.41) is 0. The van der Waals surface area contributed by atoms with Gasteiger partial charge in [-0.25, -0.2) is 9.13 Å². The predicted molar refractivity (Wildman–Crippen MR) is 108 cm³/mol. The molecule has 160 valence electrons. The third-order valence-corrected chi connectivity index (χ3v) is 5.70. The van der Waals surface area contributed by atoms with Crippen LogP contribution in [0.3, 0.4) is 0 Å². The van der Waals surface area contributed by atoms with Crippen molar-refractivity contribution in [2.24, 2.45) is 5.73 Å². The Morgan fingerprint density at radius 1 is 0.786 bits per heavy atom. The Labute approximate surface area is 165 Å². The van der Waals surface area contributed by atoms with E-state index in [1.165, 1.54) is 38.4 Å². The number of primary amides is 1. The van der Waals surface area contributed by atoms with Gasteiger partial charge < -0.3 is 10.6 Å². The molecule has 10 nitrogen and oxygen atoms in total.